The van der Waals surface area contributed by atoms with E-state index in [9.17, 15) is 19.2 Å². The highest BCUT2D eigenvalue weighted by atomic mass is 16.5. The molecule has 10 nitrogen and oxygen atoms in total. The fourth-order valence-corrected chi connectivity index (χ4v) is 5.75. The summed E-state index contributed by atoms with van der Waals surface area (Å²) in [5.74, 6) is 0.875. The summed E-state index contributed by atoms with van der Waals surface area (Å²) in [7, 11) is 3.19. The van der Waals surface area contributed by atoms with Crippen molar-refractivity contribution in [1.29, 1.82) is 0 Å². The van der Waals surface area contributed by atoms with Crippen LogP contribution in [0.2, 0.25) is 0 Å². The molecule has 0 bridgehead atoms. The van der Waals surface area contributed by atoms with Crippen molar-refractivity contribution in [3.8, 4) is 11.5 Å². The van der Waals surface area contributed by atoms with Gasteiger partial charge < -0.3 is 19.3 Å². The molecule has 3 heterocycles. The van der Waals surface area contributed by atoms with Crippen LogP contribution in [0, 0.1) is 0 Å². The van der Waals surface area contributed by atoms with E-state index >= 15 is 0 Å². The third-order valence-electron chi connectivity index (χ3n) is 8.01. The molecule has 0 unspecified atom stereocenters. The van der Waals surface area contributed by atoms with Crippen molar-refractivity contribution in [2.75, 3.05) is 40.4 Å². The summed E-state index contributed by atoms with van der Waals surface area (Å²) in [4.78, 5) is 56.6. The Morgan fingerprint density at radius 1 is 0.632 bits per heavy atom. The lowest BCUT2D eigenvalue weighted by atomic mass is 10.1. The molecule has 2 aromatic rings. The first-order chi connectivity index (χ1) is 18.4. The molecule has 38 heavy (non-hydrogen) atoms. The Morgan fingerprint density at radius 2 is 0.974 bits per heavy atom. The van der Waals surface area contributed by atoms with Crippen LogP contribution in [0.4, 0.5) is 0 Å². The second kappa shape index (κ2) is 10.9. The Labute approximate surface area is 221 Å². The van der Waals surface area contributed by atoms with E-state index in [1.54, 1.807) is 14.2 Å². The van der Waals surface area contributed by atoms with Crippen molar-refractivity contribution in [2.24, 2.45) is 0 Å². The van der Waals surface area contributed by atoms with Crippen molar-refractivity contribution in [3.63, 3.8) is 0 Å². The third-order valence-corrected chi connectivity index (χ3v) is 8.01. The summed E-state index contributed by atoms with van der Waals surface area (Å²) in [6.07, 6.45) is 0.409. The first-order valence-corrected chi connectivity index (χ1v) is 13.0. The SMILES string of the molecule is COc1ccc(CN2C(=O)C[C@@H]([NH+]3CC[NH+]([C@@H]4CC(=O)N(Cc5ccc(OC)cc5)C4=O)CC3)C2=O)cc1. The van der Waals surface area contributed by atoms with Gasteiger partial charge in [-0.15, -0.1) is 0 Å². The van der Waals surface area contributed by atoms with E-state index in [2.05, 4.69) is 0 Å². The van der Waals surface area contributed by atoms with Crippen molar-refractivity contribution in [2.45, 2.75) is 38.0 Å². The summed E-state index contributed by atoms with van der Waals surface area (Å²) in [6.45, 7) is 3.20. The number of imide groups is 2. The van der Waals surface area contributed by atoms with E-state index in [-0.39, 0.29) is 49.6 Å². The number of likely N-dealkylation sites (tertiary alicyclic amines) is 2. The third kappa shape index (κ3) is 5.14. The van der Waals surface area contributed by atoms with Crippen LogP contribution < -0.4 is 19.3 Å². The van der Waals surface area contributed by atoms with Gasteiger partial charge in [0.1, 0.15) is 37.7 Å². The van der Waals surface area contributed by atoms with Crippen LogP contribution in [0.3, 0.4) is 0 Å². The van der Waals surface area contributed by atoms with Crippen molar-refractivity contribution < 1.29 is 38.5 Å². The smallest absolute Gasteiger partial charge is 0.288 e. The zero-order chi connectivity index (χ0) is 26.8. The van der Waals surface area contributed by atoms with Gasteiger partial charge in [0.25, 0.3) is 11.8 Å². The Balaban J connectivity index is 1.15. The molecule has 2 N–H and O–H groups in total. The van der Waals surface area contributed by atoms with Gasteiger partial charge in [-0.05, 0) is 35.4 Å². The number of rotatable bonds is 8. The zero-order valence-corrected chi connectivity index (χ0v) is 21.8. The molecule has 3 aliphatic heterocycles. The van der Waals surface area contributed by atoms with E-state index in [1.165, 1.54) is 9.80 Å². The molecule has 0 aliphatic carbocycles. The second-order valence-corrected chi connectivity index (χ2v) is 10.2. The van der Waals surface area contributed by atoms with Crippen LogP contribution in [-0.4, -0.2) is 85.9 Å². The molecule has 200 valence electrons. The summed E-state index contributed by atoms with van der Waals surface area (Å²) in [5, 5.41) is 0. The highest BCUT2D eigenvalue weighted by Crippen LogP contribution is 2.19. The number of ether oxygens (including phenoxy) is 2. The Morgan fingerprint density at radius 3 is 1.29 bits per heavy atom. The number of quaternary nitrogens is 2. The van der Waals surface area contributed by atoms with Crippen molar-refractivity contribution >= 4 is 23.6 Å². The topological polar surface area (TPSA) is 102 Å². The largest absolute Gasteiger partial charge is 0.497 e. The first-order valence-electron chi connectivity index (χ1n) is 13.0. The van der Waals surface area contributed by atoms with Crippen LogP contribution in [0.15, 0.2) is 48.5 Å². The van der Waals surface area contributed by atoms with Crippen LogP contribution in [0.5, 0.6) is 11.5 Å². The number of hydrogen-bond acceptors (Lipinski definition) is 6. The quantitative estimate of drug-likeness (QED) is 0.407. The van der Waals surface area contributed by atoms with E-state index in [0.29, 0.717) is 26.2 Å². The molecule has 2 aromatic carbocycles. The van der Waals surface area contributed by atoms with Gasteiger partial charge in [-0.2, -0.15) is 0 Å². The van der Waals surface area contributed by atoms with E-state index < -0.39 is 12.1 Å². The van der Waals surface area contributed by atoms with Gasteiger partial charge in [-0.3, -0.25) is 29.0 Å². The van der Waals surface area contributed by atoms with Gasteiger partial charge in [0.05, 0.1) is 40.2 Å². The minimum absolute atomic E-state index is 0.137. The number of benzene rings is 2. The van der Waals surface area contributed by atoms with E-state index in [0.717, 1.165) is 32.4 Å². The van der Waals surface area contributed by atoms with Gasteiger partial charge in [0.15, 0.2) is 12.1 Å². The molecular formula is C28H34N4O6+2. The molecule has 3 aliphatic rings. The molecule has 0 spiro atoms. The number of methoxy groups -OCH3 is 2. The molecule has 10 heteroatoms. The lowest BCUT2D eigenvalue weighted by molar-refractivity contribution is -1.02. The molecule has 0 aromatic heterocycles. The lowest BCUT2D eigenvalue weighted by Crippen LogP contribution is -3.31. The van der Waals surface area contributed by atoms with Crippen LogP contribution in [-0.2, 0) is 32.3 Å². The standard InChI is InChI=1S/C28H32N4O6/c1-37-21-7-3-19(4-8-21)17-31-25(33)15-23(27(31)35)29-11-13-30(14-12-29)24-16-26(34)32(28(24)36)18-20-5-9-22(38-2)10-6-20/h3-10,23-24H,11-18H2,1-2H3/p+2/t23-,24-/m1/s1. The average molecular weight is 523 g/mol. The highest BCUT2D eigenvalue weighted by Gasteiger charge is 2.49. The van der Waals surface area contributed by atoms with Crippen molar-refractivity contribution in [1.82, 2.24) is 9.80 Å². The highest BCUT2D eigenvalue weighted by molar-refractivity contribution is 6.05. The normalized spacial score (nSPS) is 25.8. The van der Waals surface area contributed by atoms with Crippen LogP contribution in [0.1, 0.15) is 24.0 Å². The molecule has 4 amide bonds. The Hall–Kier alpha value is -3.76. The lowest BCUT2D eigenvalue weighted by Gasteiger charge is -2.34. The zero-order valence-electron chi connectivity index (χ0n) is 21.8. The summed E-state index contributed by atoms with van der Waals surface area (Å²) in [5.41, 5.74) is 1.75. The summed E-state index contributed by atoms with van der Waals surface area (Å²) >= 11 is 0. The molecule has 3 saturated heterocycles. The number of nitrogens with zero attached hydrogens (tertiary/aromatic N) is 2. The van der Waals surface area contributed by atoms with Gasteiger partial charge in [0, 0.05) is 0 Å². The fourth-order valence-electron chi connectivity index (χ4n) is 5.75. The summed E-state index contributed by atoms with van der Waals surface area (Å²) < 4.78 is 10.4. The number of carbonyl (C=O) groups is 4. The van der Waals surface area contributed by atoms with Gasteiger partial charge in [-0.25, -0.2) is 0 Å². The number of nitrogens with one attached hydrogen (secondary N) is 2. The number of hydrogen-bond donors (Lipinski definition) is 2. The molecule has 0 saturated carbocycles. The van der Waals surface area contributed by atoms with Gasteiger partial charge in [-0.1, -0.05) is 24.3 Å². The van der Waals surface area contributed by atoms with E-state index in [1.807, 2.05) is 48.5 Å². The maximum absolute atomic E-state index is 13.2. The maximum Gasteiger partial charge on any atom is 0.288 e. The molecule has 3 fully saturated rings. The number of amides is 4. The minimum atomic E-state index is -0.394. The molecule has 5 rings (SSSR count). The fraction of sp³-hybridized carbons (Fsp3) is 0.429. The van der Waals surface area contributed by atoms with Crippen LogP contribution >= 0.6 is 0 Å². The monoisotopic (exact) mass is 522 g/mol. The van der Waals surface area contributed by atoms with E-state index in [4.69, 9.17) is 9.47 Å². The Bertz CT molecular complexity index is 1110. The number of piperazine rings is 1. The predicted octanol–water partition coefficient (Wildman–Crippen LogP) is -1.56. The van der Waals surface area contributed by atoms with Crippen LogP contribution in [0.25, 0.3) is 0 Å². The Kier molecular flexibility index (Phi) is 7.44. The van der Waals surface area contributed by atoms with Gasteiger partial charge in [0.2, 0.25) is 11.8 Å². The molecule has 0 radical (unpaired) electrons. The number of carbonyl (C=O) groups excluding carboxylic acids is 4. The van der Waals surface area contributed by atoms with Crippen molar-refractivity contribution in [3.05, 3.63) is 59.7 Å². The van der Waals surface area contributed by atoms with Gasteiger partial charge >= 0.3 is 0 Å². The predicted molar refractivity (Wildman–Crippen MR) is 135 cm³/mol. The first kappa shape index (κ1) is 25.9. The maximum atomic E-state index is 13.2. The molecule has 2 atom stereocenters. The average Bonchev–Trinajstić information content (AvgIpc) is 3.39. The second-order valence-electron chi connectivity index (χ2n) is 10.2. The molecular weight excluding hydrogens is 488 g/mol. The minimum Gasteiger partial charge on any atom is -0.497 e. The summed E-state index contributed by atoms with van der Waals surface area (Å²) in [6, 6.07) is 13.9.